The Balaban J connectivity index is 1.89. The maximum Gasteiger partial charge on any atom is 0.325 e. The Morgan fingerprint density at radius 1 is 1.48 bits per heavy atom. The summed E-state index contributed by atoms with van der Waals surface area (Å²) in [5.41, 5.74) is 0.393. The number of rotatable bonds is 5. The van der Waals surface area contributed by atoms with Crippen LogP contribution in [0.2, 0.25) is 0 Å². The molecule has 9 nitrogen and oxygen atoms in total. The normalized spacial score (nSPS) is 11.9. The van der Waals surface area contributed by atoms with Gasteiger partial charge in [-0.05, 0) is 13.8 Å². The second-order valence-corrected chi connectivity index (χ2v) is 4.45. The monoisotopic (exact) mass is 293 g/mol. The standard InChI is InChI=1S/C12H15N5O4/c1-7-3-13-11(21-7)8(2)15-12(20)16-9-4-14-17(5-9)6-10(18)19/h3-5,8H,6H2,1-2H3,(H,18,19)(H2,15,16,20). The summed E-state index contributed by atoms with van der Waals surface area (Å²) < 4.78 is 6.52. The van der Waals surface area contributed by atoms with Gasteiger partial charge in [0.1, 0.15) is 18.3 Å². The van der Waals surface area contributed by atoms with Crippen LogP contribution in [0, 0.1) is 6.92 Å². The average Bonchev–Trinajstić information content (AvgIpc) is 2.98. The number of urea groups is 1. The molecule has 0 saturated carbocycles. The Kier molecular flexibility index (Phi) is 4.21. The zero-order chi connectivity index (χ0) is 15.4. The molecule has 1 unspecified atom stereocenters. The summed E-state index contributed by atoms with van der Waals surface area (Å²) in [5, 5.41) is 17.6. The SMILES string of the molecule is Cc1cnc(C(C)NC(=O)Nc2cnn(CC(=O)O)c2)o1. The minimum atomic E-state index is -1.01. The van der Waals surface area contributed by atoms with Crippen molar-refractivity contribution in [3.05, 3.63) is 30.2 Å². The number of oxazole rings is 1. The first-order chi connectivity index (χ1) is 9.94. The quantitative estimate of drug-likeness (QED) is 0.760. The molecule has 0 aliphatic carbocycles. The van der Waals surface area contributed by atoms with E-state index in [1.165, 1.54) is 17.1 Å². The molecule has 3 N–H and O–H groups in total. The number of aromatic nitrogens is 3. The van der Waals surface area contributed by atoms with Crippen LogP contribution in [0.1, 0.15) is 24.6 Å². The van der Waals surface area contributed by atoms with Crippen LogP contribution in [0.4, 0.5) is 10.5 Å². The van der Waals surface area contributed by atoms with Gasteiger partial charge in [0, 0.05) is 6.20 Å². The first-order valence-corrected chi connectivity index (χ1v) is 6.18. The van der Waals surface area contributed by atoms with Gasteiger partial charge in [-0.1, -0.05) is 0 Å². The van der Waals surface area contributed by atoms with Crippen molar-refractivity contribution in [1.29, 1.82) is 0 Å². The van der Waals surface area contributed by atoms with Crippen LogP contribution in [0.25, 0.3) is 0 Å². The molecule has 1 atom stereocenters. The molecule has 0 fully saturated rings. The van der Waals surface area contributed by atoms with Gasteiger partial charge in [0.25, 0.3) is 0 Å². The van der Waals surface area contributed by atoms with E-state index in [4.69, 9.17) is 9.52 Å². The van der Waals surface area contributed by atoms with Crippen molar-refractivity contribution < 1.29 is 19.1 Å². The molecule has 0 spiro atoms. The molecule has 2 aromatic heterocycles. The largest absolute Gasteiger partial charge is 0.480 e. The van der Waals surface area contributed by atoms with E-state index in [2.05, 4.69) is 20.7 Å². The number of hydrogen-bond acceptors (Lipinski definition) is 5. The predicted octanol–water partition coefficient (Wildman–Crippen LogP) is 1.15. The molecule has 2 rings (SSSR count). The highest BCUT2D eigenvalue weighted by Crippen LogP contribution is 2.12. The molecule has 0 aliphatic heterocycles. The van der Waals surface area contributed by atoms with E-state index in [9.17, 15) is 9.59 Å². The van der Waals surface area contributed by atoms with Crippen LogP contribution in [-0.2, 0) is 11.3 Å². The highest BCUT2D eigenvalue weighted by Gasteiger charge is 2.14. The van der Waals surface area contributed by atoms with E-state index in [0.29, 0.717) is 17.3 Å². The van der Waals surface area contributed by atoms with Gasteiger partial charge < -0.3 is 20.2 Å². The van der Waals surface area contributed by atoms with Crippen molar-refractivity contribution in [1.82, 2.24) is 20.1 Å². The lowest BCUT2D eigenvalue weighted by Gasteiger charge is -2.10. The van der Waals surface area contributed by atoms with Gasteiger partial charge >= 0.3 is 12.0 Å². The smallest absolute Gasteiger partial charge is 0.325 e. The van der Waals surface area contributed by atoms with Crippen LogP contribution in [0.5, 0.6) is 0 Å². The van der Waals surface area contributed by atoms with E-state index < -0.39 is 18.0 Å². The van der Waals surface area contributed by atoms with Crippen molar-refractivity contribution >= 4 is 17.7 Å². The Hall–Kier alpha value is -2.84. The molecule has 21 heavy (non-hydrogen) atoms. The van der Waals surface area contributed by atoms with Crippen molar-refractivity contribution in [2.45, 2.75) is 26.4 Å². The average molecular weight is 293 g/mol. The summed E-state index contributed by atoms with van der Waals surface area (Å²) in [6, 6.07) is -0.860. The molecular weight excluding hydrogens is 278 g/mol. The lowest BCUT2D eigenvalue weighted by molar-refractivity contribution is -0.137. The van der Waals surface area contributed by atoms with Crippen LogP contribution < -0.4 is 10.6 Å². The zero-order valence-corrected chi connectivity index (χ0v) is 11.5. The summed E-state index contributed by atoms with van der Waals surface area (Å²) in [5.74, 6) is 0.0558. The fraction of sp³-hybridized carbons (Fsp3) is 0.333. The number of hydrogen-bond donors (Lipinski definition) is 3. The molecule has 0 aromatic carbocycles. The predicted molar refractivity (Wildman–Crippen MR) is 71.7 cm³/mol. The van der Waals surface area contributed by atoms with E-state index >= 15 is 0 Å². The molecule has 0 radical (unpaired) electrons. The Bertz CT molecular complexity index is 648. The third kappa shape index (κ3) is 4.06. The summed E-state index contributed by atoms with van der Waals surface area (Å²) in [4.78, 5) is 26.3. The zero-order valence-electron chi connectivity index (χ0n) is 11.5. The van der Waals surface area contributed by atoms with Crippen molar-refractivity contribution in [2.75, 3.05) is 5.32 Å². The number of nitrogens with zero attached hydrogens (tertiary/aromatic N) is 3. The van der Waals surface area contributed by atoms with Gasteiger partial charge in [-0.15, -0.1) is 0 Å². The second kappa shape index (κ2) is 6.07. The minimum Gasteiger partial charge on any atom is -0.480 e. The highest BCUT2D eigenvalue weighted by atomic mass is 16.4. The van der Waals surface area contributed by atoms with Gasteiger partial charge in [-0.2, -0.15) is 5.10 Å². The lowest BCUT2D eigenvalue weighted by Crippen LogP contribution is -2.31. The third-order valence-electron chi connectivity index (χ3n) is 2.55. The van der Waals surface area contributed by atoms with Crippen molar-refractivity contribution in [3.63, 3.8) is 0 Å². The molecular formula is C12H15N5O4. The number of carbonyl (C=O) groups excluding carboxylic acids is 1. The van der Waals surface area contributed by atoms with E-state index in [-0.39, 0.29) is 6.54 Å². The summed E-state index contributed by atoms with van der Waals surface area (Å²) in [6.07, 6.45) is 4.36. The van der Waals surface area contributed by atoms with Crippen LogP contribution in [-0.4, -0.2) is 31.9 Å². The number of carbonyl (C=O) groups is 2. The van der Waals surface area contributed by atoms with E-state index in [1.807, 2.05) is 0 Å². The number of aliphatic carboxylic acids is 1. The molecule has 2 heterocycles. The van der Waals surface area contributed by atoms with Crippen LogP contribution in [0.3, 0.4) is 0 Å². The molecule has 2 amide bonds. The van der Waals surface area contributed by atoms with Gasteiger partial charge in [-0.25, -0.2) is 9.78 Å². The summed E-state index contributed by atoms with van der Waals surface area (Å²) in [6.45, 7) is 3.23. The van der Waals surface area contributed by atoms with E-state index in [0.717, 1.165) is 0 Å². The second-order valence-electron chi connectivity index (χ2n) is 4.45. The Labute approximate surface area is 120 Å². The topological polar surface area (TPSA) is 122 Å². The van der Waals surface area contributed by atoms with Crippen molar-refractivity contribution in [2.24, 2.45) is 0 Å². The van der Waals surface area contributed by atoms with E-state index in [1.54, 1.807) is 20.0 Å². The maximum atomic E-state index is 11.8. The first-order valence-electron chi connectivity index (χ1n) is 6.18. The number of carboxylic acids is 1. The lowest BCUT2D eigenvalue weighted by atomic mass is 10.3. The first kappa shape index (κ1) is 14.6. The molecule has 0 bridgehead atoms. The highest BCUT2D eigenvalue weighted by molar-refractivity contribution is 5.89. The van der Waals surface area contributed by atoms with Gasteiger partial charge in [-0.3, -0.25) is 9.48 Å². The fourth-order valence-electron chi connectivity index (χ4n) is 1.65. The number of carboxylic acid groups (broad SMARTS) is 1. The fourth-order valence-corrected chi connectivity index (χ4v) is 1.65. The summed E-state index contributed by atoms with van der Waals surface area (Å²) in [7, 11) is 0. The van der Waals surface area contributed by atoms with Gasteiger partial charge in [0.15, 0.2) is 0 Å². The minimum absolute atomic E-state index is 0.269. The van der Waals surface area contributed by atoms with Crippen LogP contribution in [0.15, 0.2) is 23.0 Å². The molecule has 9 heteroatoms. The Morgan fingerprint density at radius 2 is 2.24 bits per heavy atom. The third-order valence-corrected chi connectivity index (χ3v) is 2.55. The molecule has 2 aromatic rings. The molecule has 0 saturated heterocycles. The Morgan fingerprint density at radius 3 is 2.86 bits per heavy atom. The number of anilines is 1. The number of aryl methyl sites for hydroxylation is 1. The molecule has 0 aliphatic rings. The number of nitrogens with one attached hydrogen (secondary N) is 2. The van der Waals surface area contributed by atoms with Gasteiger partial charge in [0.05, 0.1) is 18.1 Å². The van der Waals surface area contributed by atoms with Gasteiger partial charge in [0.2, 0.25) is 5.89 Å². The molecule has 112 valence electrons. The number of amides is 2. The van der Waals surface area contributed by atoms with Crippen LogP contribution >= 0.6 is 0 Å². The summed E-state index contributed by atoms with van der Waals surface area (Å²) >= 11 is 0. The maximum absolute atomic E-state index is 11.8. The van der Waals surface area contributed by atoms with Crippen molar-refractivity contribution in [3.8, 4) is 0 Å².